The molecule has 3 aromatic heterocycles. The number of halogens is 7. The zero-order chi connectivity index (χ0) is 31.1. The average Bonchev–Trinajstić information content (AvgIpc) is 3.68. The molecule has 0 unspecified atom stereocenters. The number of alkyl halides is 7. The Kier molecular flexibility index (Phi) is 8.19. The summed E-state index contributed by atoms with van der Waals surface area (Å²) in [6.45, 7) is -0.838. The summed E-state index contributed by atoms with van der Waals surface area (Å²) in [7, 11) is 1.31. The molecule has 0 bridgehead atoms. The lowest BCUT2D eigenvalue weighted by Gasteiger charge is -2.33. The van der Waals surface area contributed by atoms with E-state index in [1.807, 2.05) is 5.32 Å². The topological polar surface area (TPSA) is 140 Å². The number of fused-ring (bicyclic) bond motifs is 1. The largest absolute Gasteiger partial charge is 0.410 e. The molecule has 234 valence electrons. The van der Waals surface area contributed by atoms with Crippen LogP contribution in [0, 0.1) is 5.92 Å². The Labute approximate surface area is 237 Å². The first-order valence-electron chi connectivity index (χ1n) is 13.0. The lowest BCUT2D eigenvalue weighted by Crippen LogP contribution is -2.40. The summed E-state index contributed by atoms with van der Waals surface area (Å²) in [5.41, 5.74) is -1.16. The number of ether oxygens (including phenoxy) is 1. The molecule has 0 radical (unpaired) electrons. The number of urea groups is 1. The van der Waals surface area contributed by atoms with Crippen LogP contribution in [0.4, 0.5) is 35.5 Å². The van der Waals surface area contributed by atoms with Gasteiger partial charge in [-0.3, -0.25) is 4.79 Å². The van der Waals surface area contributed by atoms with Crippen LogP contribution in [0.2, 0.25) is 0 Å². The van der Waals surface area contributed by atoms with Crippen LogP contribution in [0.5, 0.6) is 0 Å². The second-order valence-electron chi connectivity index (χ2n) is 10.4. The maximum absolute atomic E-state index is 13.9. The van der Waals surface area contributed by atoms with Gasteiger partial charge in [0.1, 0.15) is 6.04 Å². The summed E-state index contributed by atoms with van der Waals surface area (Å²) in [6, 6.07) is -3.58. The fourth-order valence-corrected chi connectivity index (χ4v) is 5.31. The quantitative estimate of drug-likeness (QED) is 0.342. The maximum Gasteiger partial charge on any atom is 0.410 e. The van der Waals surface area contributed by atoms with E-state index in [1.165, 1.54) is 30.1 Å². The summed E-state index contributed by atoms with van der Waals surface area (Å²) in [6.07, 6.45) is -6.11. The number of rotatable bonds is 9. The van der Waals surface area contributed by atoms with E-state index >= 15 is 0 Å². The van der Waals surface area contributed by atoms with Gasteiger partial charge in [-0.05, 0) is 35.1 Å². The Morgan fingerprint density at radius 2 is 1.98 bits per heavy atom. The predicted octanol–water partition coefficient (Wildman–Crippen LogP) is 3.99. The van der Waals surface area contributed by atoms with E-state index in [9.17, 15) is 40.3 Å². The minimum Gasteiger partial charge on any atom is -0.382 e. The molecule has 3 amide bonds. The number of carbonyl (C=O) groups excluding carboxylic acids is 2. The van der Waals surface area contributed by atoms with E-state index in [2.05, 4.69) is 30.3 Å². The molecule has 0 aromatic carbocycles. The zero-order valence-corrected chi connectivity index (χ0v) is 22.3. The number of carbonyl (C=O) groups is 2. The van der Waals surface area contributed by atoms with Gasteiger partial charge in [0, 0.05) is 25.5 Å². The second-order valence-corrected chi connectivity index (χ2v) is 10.4. The first kappa shape index (κ1) is 30.4. The minimum absolute atomic E-state index is 0.0242. The number of aromatic nitrogens is 5. The van der Waals surface area contributed by atoms with E-state index in [0.717, 1.165) is 4.90 Å². The van der Waals surface area contributed by atoms with Gasteiger partial charge in [0.25, 0.3) is 12.3 Å². The average molecular weight is 623 g/mol. The van der Waals surface area contributed by atoms with E-state index in [4.69, 9.17) is 4.74 Å². The van der Waals surface area contributed by atoms with Gasteiger partial charge < -0.3 is 20.3 Å². The molecule has 2 fully saturated rings. The van der Waals surface area contributed by atoms with E-state index < -0.39 is 85.3 Å². The monoisotopic (exact) mass is 622 g/mol. The van der Waals surface area contributed by atoms with E-state index in [1.54, 1.807) is 0 Å². The molecule has 4 heterocycles. The summed E-state index contributed by atoms with van der Waals surface area (Å²) < 4.78 is 105. The van der Waals surface area contributed by atoms with Crippen molar-refractivity contribution in [2.45, 2.75) is 62.3 Å². The molecule has 0 spiro atoms. The Hall–Kier alpha value is -4.03. The van der Waals surface area contributed by atoms with Gasteiger partial charge >= 0.3 is 12.2 Å². The molecule has 2 N–H and O–H groups in total. The fraction of sp³-hybridized carbons (Fsp3) is 0.583. The van der Waals surface area contributed by atoms with Crippen LogP contribution in [-0.2, 0) is 4.74 Å². The van der Waals surface area contributed by atoms with E-state index in [-0.39, 0.29) is 36.4 Å². The van der Waals surface area contributed by atoms with Crippen LogP contribution in [0.25, 0.3) is 5.65 Å². The highest BCUT2D eigenvalue weighted by molar-refractivity contribution is 5.93. The number of amides is 3. The predicted molar refractivity (Wildman–Crippen MR) is 129 cm³/mol. The molecule has 1 aliphatic carbocycles. The molecule has 1 saturated heterocycles. The molecule has 2 aliphatic rings. The van der Waals surface area contributed by atoms with Crippen molar-refractivity contribution in [2.24, 2.45) is 5.92 Å². The molecule has 5 rings (SSSR count). The Balaban J connectivity index is 1.46. The van der Waals surface area contributed by atoms with Crippen LogP contribution in [0.3, 0.4) is 0 Å². The van der Waals surface area contributed by atoms with E-state index in [0.29, 0.717) is 0 Å². The third-order valence-corrected chi connectivity index (χ3v) is 7.55. The lowest BCUT2D eigenvalue weighted by molar-refractivity contribution is -0.150. The van der Waals surface area contributed by atoms with Crippen molar-refractivity contribution in [1.29, 1.82) is 0 Å². The molecule has 12 nitrogen and oxygen atoms in total. The Morgan fingerprint density at radius 1 is 1.26 bits per heavy atom. The van der Waals surface area contributed by atoms with Crippen molar-refractivity contribution in [3.05, 3.63) is 41.1 Å². The van der Waals surface area contributed by atoms with Gasteiger partial charge in [-0.2, -0.15) is 18.3 Å². The molecule has 1 saturated carbocycles. The highest BCUT2D eigenvalue weighted by atomic mass is 19.4. The summed E-state index contributed by atoms with van der Waals surface area (Å²) in [5.74, 6) is -4.55. The van der Waals surface area contributed by atoms with Crippen molar-refractivity contribution >= 4 is 17.6 Å². The summed E-state index contributed by atoms with van der Waals surface area (Å²) in [5, 5.41) is 15.0. The molecule has 3 aromatic rings. The molecule has 19 heteroatoms. The highest BCUT2D eigenvalue weighted by Gasteiger charge is 2.48. The van der Waals surface area contributed by atoms with Crippen LogP contribution < -0.4 is 10.6 Å². The lowest BCUT2D eigenvalue weighted by atomic mass is 9.81. The standard InChI is InChI=1S/C24H25F7N8O4/c1-42-10-14(38-9-15(24(29,30)31)34-22(38)41)12-6-16-33-13(8-39(16)32-7-12)17(11-2-4-23(27,28)5-3-11)35-21(40)19-18(20(25)26)36-43-37-19/h6-8,11,14-15,17,20H,2-5,9-10H2,1H3,(H,34,41)(H,35,40)/t14-,15+,17+/m1/s1. The summed E-state index contributed by atoms with van der Waals surface area (Å²) >= 11 is 0. The van der Waals surface area contributed by atoms with Crippen molar-refractivity contribution in [2.75, 3.05) is 20.3 Å². The van der Waals surface area contributed by atoms with Gasteiger partial charge in [0.15, 0.2) is 11.3 Å². The molecular formula is C24H25F7N8O4. The highest BCUT2D eigenvalue weighted by Crippen LogP contribution is 2.41. The van der Waals surface area contributed by atoms with Crippen LogP contribution in [0.15, 0.2) is 23.1 Å². The smallest absolute Gasteiger partial charge is 0.382 e. The Morgan fingerprint density at radius 3 is 2.60 bits per heavy atom. The van der Waals surface area contributed by atoms with Gasteiger partial charge in [-0.15, -0.1) is 0 Å². The van der Waals surface area contributed by atoms with Crippen LogP contribution >= 0.6 is 0 Å². The Bertz CT molecular complexity index is 1470. The fourth-order valence-electron chi connectivity index (χ4n) is 5.31. The number of nitrogens with one attached hydrogen (secondary N) is 2. The number of nitrogens with zero attached hydrogens (tertiary/aromatic N) is 6. The molecule has 43 heavy (non-hydrogen) atoms. The first-order valence-corrected chi connectivity index (χ1v) is 13.0. The SMILES string of the molecule is COC[C@H](c1cnn2cc([C@@H](NC(=O)c3nonc3C(F)F)C3CCC(F)(F)CC3)nc2c1)N1C[C@@H](C(F)(F)F)NC1=O. The van der Waals surface area contributed by atoms with Crippen LogP contribution in [0.1, 0.15) is 71.6 Å². The van der Waals surface area contributed by atoms with Gasteiger partial charge in [-0.25, -0.2) is 36.5 Å². The zero-order valence-electron chi connectivity index (χ0n) is 22.3. The van der Waals surface area contributed by atoms with Gasteiger partial charge in [0.2, 0.25) is 11.6 Å². The molecular weight excluding hydrogens is 597 g/mol. The number of hydrogen-bond acceptors (Lipinski definition) is 8. The third kappa shape index (κ3) is 6.35. The number of hydrogen-bond donors (Lipinski definition) is 2. The number of methoxy groups -OCH3 is 1. The normalized spacial score (nSPS) is 20.9. The maximum atomic E-state index is 13.9. The van der Waals surface area contributed by atoms with Crippen LogP contribution in [-0.4, -0.2) is 80.2 Å². The van der Waals surface area contributed by atoms with Gasteiger partial charge in [-0.1, -0.05) is 0 Å². The van der Waals surface area contributed by atoms with Crippen molar-refractivity contribution in [3.8, 4) is 0 Å². The minimum atomic E-state index is -4.66. The first-order chi connectivity index (χ1) is 20.3. The summed E-state index contributed by atoms with van der Waals surface area (Å²) in [4.78, 5) is 30.8. The molecule has 3 atom stereocenters. The van der Waals surface area contributed by atoms with Crippen molar-refractivity contribution in [1.82, 2.24) is 40.4 Å². The third-order valence-electron chi connectivity index (χ3n) is 7.55. The van der Waals surface area contributed by atoms with Crippen molar-refractivity contribution < 1.29 is 49.7 Å². The molecule has 1 aliphatic heterocycles. The number of imidazole rings is 1. The second kappa shape index (κ2) is 11.6. The van der Waals surface area contributed by atoms with Gasteiger partial charge in [0.05, 0.1) is 43.3 Å². The van der Waals surface area contributed by atoms with Crippen molar-refractivity contribution in [3.63, 3.8) is 0 Å².